The molecular formula is C26H36Cl2N2O4. The number of nitrogens with one attached hydrogen (secondary N) is 1. The van der Waals surface area contributed by atoms with E-state index in [1.807, 2.05) is 7.05 Å². The number of aldehydes is 1. The van der Waals surface area contributed by atoms with E-state index in [0.717, 1.165) is 32.1 Å². The summed E-state index contributed by atoms with van der Waals surface area (Å²) >= 11 is 11.4. The van der Waals surface area contributed by atoms with Crippen molar-refractivity contribution in [3.8, 4) is 5.75 Å². The fourth-order valence-corrected chi connectivity index (χ4v) is 4.33. The maximum Gasteiger partial charge on any atom is 0.204 e. The summed E-state index contributed by atoms with van der Waals surface area (Å²) in [7, 11) is 2.04. The number of amides is 1. The number of rotatable bonds is 10. The van der Waals surface area contributed by atoms with Crippen LogP contribution in [0, 0.1) is 18.3 Å². The van der Waals surface area contributed by atoms with Gasteiger partial charge in [-0.25, -0.2) is 0 Å². The number of hydrogen-bond donors (Lipinski definition) is 2. The van der Waals surface area contributed by atoms with Crippen LogP contribution in [-0.2, 0) is 20.7 Å². The summed E-state index contributed by atoms with van der Waals surface area (Å²) in [5.41, 5.74) is 7.26. The summed E-state index contributed by atoms with van der Waals surface area (Å²) in [6.07, 6.45) is 4.55. The van der Waals surface area contributed by atoms with Crippen LogP contribution in [0.25, 0.3) is 0 Å². The highest BCUT2D eigenvalue weighted by Gasteiger charge is 2.41. The zero-order valence-electron chi connectivity index (χ0n) is 20.2. The van der Waals surface area contributed by atoms with Crippen molar-refractivity contribution in [2.75, 3.05) is 33.4 Å². The molecule has 0 unspecified atom stereocenters. The van der Waals surface area contributed by atoms with Crippen LogP contribution >= 0.6 is 23.2 Å². The van der Waals surface area contributed by atoms with Gasteiger partial charge < -0.3 is 20.5 Å². The monoisotopic (exact) mass is 510 g/mol. The van der Waals surface area contributed by atoms with Crippen LogP contribution in [0.2, 0.25) is 10.0 Å². The topological polar surface area (TPSA) is 90.6 Å². The Balaban J connectivity index is 0.000000330. The molecule has 0 aromatic heterocycles. The maximum absolute atomic E-state index is 9.95. The molecular weight excluding hydrogens is 475 g/mol. The third-order valence-electron chi connectivity index (χ3n) is 5.39. The molecule has 0 spiro atoms. The van der Waals surface area contributed by atoms with Crippen LogP contribution in [0.1, 0.15) is 30.9 Å². The molecule has 3 rings (SSSR count). The van der Waals surface area contributed by atoms with Gasteiger partial charge >= 0.3 is 0 Å². The molecule has 1 amide bonds. The summed E-state index contributed by atoms with van der Waals surface area (Å²) in [4.78, 5) is 18.5. The van der Waals surface area contributed by atoms with E-state index in [1.165, 1.54) is 24.0 Å². The molecule has 0 heterocycles. The molecule has 1 aliphatic rings. The van der Waals surface area contributed by atoms with Gasteiger partial charge in [-0.2, -0.15) is 0 Å². The SMILES string of the molecule is CNCC1(COCCc2ccc(C)cc2)CC(C)C1.NC=O.O=CCOc1ccc(Cl)c(Cl)c1. The Morgan fingerprint density at radius 2 is 1.76 bits per heavy atom. The highest BCUT2D eigenvalue weighted by molar-refractivity contribution is 6.42. The minimum atomic E-state index is 0.0258. The van der Waals surface area contributed by atoms with Crippen molar-refractivity contribution >= 4 is 35.9 Å². The van der Waals surface area contributed by atoms with Gasteiger partial charge in [-0.3, -0.25) is 9.59 Å². The van der Waals surface area contributed by atoms with Crippen LogP contribution in [0.15, 0.2) is 42.5 Å². The molecule has 2 aromatic carbocycles. The average Bonchev–Trinajstić information content (AvgIpc) is 2.79. The second kappa shape index (κ2) is 16.5. The number of carbonyl (C=O) groups is 2. The van der Waals surface area contributed by atoms with Crippen molar-refractivity contribution < 1.29 is 19.1 Å². The third-order valence-corrected chi connectivity index (χ3v) is 6.13. The second-order valence-electron chi connectivity index (χ2n) is 8.52. The number of benzene rings is 2. The van der Waals surface area contributed by atoms with Crippen molar-refractivity contribution in [2.45, 2.75) is 33.1 Å². The predicted octanol–water partition coefficient (Wildman–Crippen LogP) is 4.86. The van der Waals surface area contributed by atoms with Gasteiger partial charge in [0.25, 0.3) is 0 Å². The minimum Gasteiger partial charge on any atom is -0.486 e. The number of nitrogens with two attached hydrogens (primary N) is 1. The van der Waals surface area contributed by atoms with E-state index < -0.39 is 0 Å². The molecule has 6 nitrogen and oxygen atoms in total. The zero-order valence-corrected chi connectivity index (χ0v) is 21.7. The molecule has 1 saturated carbocycles. The molecule has 1 aliphatic carbocycles. The van der Waals surface area contributed by atoms with E-state index >= 15 is 0 Å². The van der Waals surface area contributed by atoms with Gasteiger partial charge in [0.15, 0.2) is 6.29 Å². The molecule has 0 saturated heterocycles. The lowest BCUT2D eigenvalue weighted by Gasteiger charge is -2.46. The lowest BCUT2D eigenvalue weighted by molar-refractivity contribution is -0.109. The minimum absolute atomic E-state index is 0.0258. The lowest BCUT2D eigenvalue weighted by atomic mass is 9.63. The van der Waals surface area contributed by atoms with Gasteiger partial charge in [0, 0.05) is 18.0 Å². The maximum atomic E-state index is 9.95. The summed E-state index contributed by atoms with van der Waals surface area (Å²) in [5, 5.41) is 4.20. The number of primary amides is 1. The van der Waals surface area contributed by atoms with Gasteiger partial charge in [-0.05, 0) is 56.8 Å². The van der Waals surface area contributed by atoms with Gasteiger partial charge in [-0.15, -0.1) is 0 Å². The highest BCUT2D eigenvalue weighted by Crippen LogP contribution is 2.45. The van der Waals surface area contributed by atoms with Crippen LogP contribution in [0.5, 0.6) is 5.75 Å². The van der Waals surface area contributed by atoms with Crippen LogP contribution in [0.4, 0.5) is 0 Å². The Hall–Kier alpha value is -2.12. The average molecular weight is 511 g/mol. The van der Waals surface area contributed by atoms with Gasteiger partial charge in [0.05, 0.1) is 23.3 Å². The van der Waals surface area contributed by atoms with Crippen LogP contribution in [0.3, 0.4) is 0 Å². The van der Waals surface area contributed by atoms with Crippen molar-refractivity contribution in [1.29, 1.82) is 0 Å². The number of halogens is 2. The normalized spacial score (nSPS) is 18.3. The van der Waals surface area contributed by atoms with Gasteiger partial charge in [0.2, 0.25) is 6.41 Å². The Labute approximate surface area is 213 Å². The molecule has 0 atom stereocenters. The van der Waals surface area contributed by atoms with Crippen molar-refractivity contribution in [3.63, 3.8) is 0 Å². The fourth-order valence-electron chi connectivity index (χ4n) is 4.04. The van der Waals surface area contributed by atoms with Crippen LogP contribution < -0.4 is 15.8 Å². The van der Waals surface area contributed by atoms with E-state index in [0.29, 0.717) is 27.5 Å². The first-order valence-corrected chi connectivity index (χ1v) is 12.0. The molecule has 3 N–H and O–H groups in total. The molecule has 0 bridgehead atoms. The predicted molar refractivity (Wildman–Crippen MR) is 139 cm³/mol. The zero-order chi connectivity index (χ0) is 25.4. The fraction of sp³-hybridized carbons (Fsp3) is 0.462. The smallest absolute Gasteiger partial charge is 0.204 e. The van der Waals surface area contributed by atoms with E-state index in [9.17, 15) is 4.79 Å². The highest BCUT2D eigenvalue weighted by atomic mass is 35.5. The van der Waals surface area contributed by atoms with E-state index in [1.54, 1.807) is 18.2 Å². The first-order chi connectivity index (χ1) is 16.3. The standard InChI is InChI=1S/C17H27NO.C8H6Cl2O2.CH3NO/c1-14-4-6-16(7-5-14)8-9-19-13-17(12-18-3)10-15(2)11-17;9-7-2-1-6(5-8(7)10)12-4-3-11;2-1-3/h4-7,15,18H,8-13H2,1-3H3;1-3,5H,4H2;1H,(H2,2,3). The first kappa shape index (κ1) is 29.9. The van der Waals surface area contributed by atoms with E-state index in [2.05, 4.69) is 49.2 Å². The number of aryl methyl sites for hydroxylation is 1. The van der Waals surface area contributed by atoms with Crippen LogP contribution in [-0.4, -0.2) is 46.1 Å². The molecule has 1 fully saturated rings. The molecule has 0 aliphatic heterocycles. The van der Waals surface area contributed by atoms with E-state index in [4.69, 9.17) is 37.5 Å². The quantitative estimate of drug-likeness (QED) is 0.351. The number of hydrogen-bond acceptors (Lipinski definition) is 5. The first-order valence-electron chi connectivity index (χ1n) is 11.2. The third kappa shape index (κ3) is 11.3. The molecule has 34 heavy (non-hydrogen) atoms. The second-order valence-corrected chi connectivity index (χ2v) is 9.34. The summed E-state index contributed by atoms with van der Waals surface area (Å²) in [5.74, 6) is 1.41. The van der Waals surface area contributed by atoms with Gasteiger partial charge in [-0.1, -0.05) is 60.0 Å². The lowest BCUT2D eigenvalue weighted by Crippen LogP contribution is -2.46. The van der Waals surface area contributed by atoms with Crippen molar-refractivity contribution in [1.82, 2.24) is 5.32 Å². The Morgan fingerprint density at radius 3 is 2.29 bits per heavy atom. The van der Waals surface area contributed by atoms with Gasteiger partial charge in [0.1, 0.15) is 12.4 Å². The summed E-state index contributed by atoms with van der Waals surface area (Å²) in [6, 6.07) is 13.6. The van der Waals surface area contributed by atoms with E-state index in [-0.39, 0.29) is 13.0 Å². The van der Waals surface area contributed by atoms with Crippen molar-refractivity contribution in [2.24, 2.45) is 17.1 Å². The largest absolute Gasteiger partial charge is 0.486 e. The number of carbonyl (C=O) groups excluding carboxylic acids is 2. The summed E-state index contributed by atoms with van der Waals surface area (Å²) in [6.45, 7) is 7.31. The molecule has 0 radical (unpaired) electrons. The number of ether oxygens (including phenoxy) is 2. The van der Waals surface area contributed by atoms with Crippen molar-refractivity contribution in [3.05, 3.63) is 63.6 Å². The summed E-state index contributed by atoms with van der Waals surface area (Å²) < 4.78 is 10.9. The molecule has 2 aromatic rings. The Morgan fingerprint density at radius 1 is 1.12 bits per heavy atom. The Kier molecular flexibility index (Phi) is 14.5. The Bertz CT molecular complexity index is 851. The molecule has 188 valence electrons. The molecule has 8 heteroatoms.